The molecule has 6 rings (SSSR count). The number of para-hydroxylation sites is 2. The molecule has 0 aliphatic rings. The summed E-state index contributed by atoms with van der Waals surface area (Å²) >= 11 is 7.09. The molecular weight excluding hydrogens is 644 g/mol. The molecule has 0 bridgehead atoms. The van der Waals surface area contributed by atoms with Crippen LogP contribution in [0.15, 0.2) is 140 Å². The van der Waals surface area contributed by atoms with Crippen molar-refractivity contribution < 1.29 is 0 Å². The molecule has 0 aliphatic carbocycles. The van der Waals surface area contributed by atoms with Crippen molar-refractivity contribution in [2.24, 2.45) is 0 Å². The van der Waals surface area contributed by atoms with E-state index in [-0.39, 0.29) is 9.65 Å². The van der Waals surface area contributed by atoms with Gasteiger partial charge >= 0.3 is 0 Å². The number of aromatic amines is 1. The summed E-state index contributed by atoms with van der Waals surface area (Å²) in [4.78, 5) is 3.51. The van der Waals surface area contributed by atoms with Gasteiger partial charge in [0.25, 0.3) is 0 Å². The Bertz CT molecular complexity index is 1870. The lowest BCUT2D eigenvalue weighted by Gasteiger charge is -2.14. The molecule has 4 heteroatoms. The van der Waals surface area contributed by atoms with Crippen molar-refractivity contribution in [3.05, 3.63) is 162 Å². The van der Waals surface area contributed by atoms with Gasteiger partial charge in [-0.2, -0.15) is 0 Å². The molecule has 0 amide bonds. The van der Waals surface area contributed by atoms with E-state index in [4.69, 9.17) is 5.73 Å². The zero-order valence-electron chi connectivity index (χ0n) is 22.8. The Hall–Kier alpha value is -4.48. The van der Waals surface area contributed by atoms with Gasteiger partial charge in [0.05, 0.1) is 20.9 Å². The summed E-state index contributed by atoms with van der Waals surface area (Å²) in [5, 5.41) is 1.16. The van der Waals surface area contributed by atoms with E-state index in [0.717, 1.165) is 50.1 Å². The van der Waals surface area contributed by atoms with E-state index in [1.54, 1.807) is 0 Å². The zero-order chi connectivity index (χ0) is 29.1. The maximum atomic E-state index is 6.02. The van der Waals surface area contributed by atoms with Crippen LogP contribution in [0, 0.1) is 23.7 Å². The van der Waals surface area contributed by atoms with Crippen LogP contribution in [0.3, 0.4) is 0 Å². The van der Waals surface area contributed by atoms with E-state index in [1.165, 1.54) is 0 Å². The van der Waals surface area contributed by atoms with E-state index in [1.807, 2.05) is 97.1 Å². The third-order valence-electron chi connectivity index (χ3n) is 6.60. The van der Waals surface area contributed by atoms with Crippen molar-refractivity contribution in [3.8, 4) is 34.9 Å². The lowest BCUT2D eigenvalue weighted by atomic mass is 9.99. The molecule has 0 saturated carbocycles. The smallest absolute Gasteiger partial charge is 0.0876 e. The van der Waals surface area contributed by atoms with Crippen LogP contribution in [0.4, 0.5) is 5.69 Å². The summed E-state index contributed by atoms with van der Waals surface area (Å²) in [5.74, 6) is 13.1. The maximum Gasteiger partial charge on any atom is 0.0876 e. The molecule has 0 aliphatic heterocycles. The van der Waals surface area contributed by atoms with Crippen LogP contribution in [0.1, 0.15) is 28.2 Å². The van der Waals surface area contributed by atoms with Crippen LogP contribution in [0.25, 0.3) is 22.2 Å². The molecule has 6 aromatic rings. The topological polar surface area (TPSA) is 41.8 Å². The second kappa shape index (κ2) is 14.4. The molecule has 0 radical (unpaired) electrons. The first kappa shape index (κ1) is 29.0. The number of rotatable bonds is 3. The van der Waals surface area contributed by atoms with Crippen molar-refractivity contribution in [1.82, 2.24) is 4.98 Å². The minimum absolute atomic E-state index is 0.00130. The van der Waals surface area contributed by atoms with Gasteiger partial charge in [0, 0.05) is 27.7 Å². The Labute approximate surface area is 264 Å². The van der Waals surface area contributed by atoms with Gasteiger partial charge in [0.15, 0.2) is 0 Å². The van der Waals surface area contributed by atoms with E-state index in [2.05, 4.69) is 103 Å². The molecule has 1 heterocycles. The fraction of sp³-hybridized carbons (Fsp3) is 0.0526. The summed E-state index contributed by atoms with van der Waals surface area (Å²) in [6, 6.07) is 46.5. The van der Waals surface area contributed by atoms with Gasteiger partial charge in [-0.05, 0) is 47.5 Å². The van der Waals surface area contributed by atoms with Gasteiger partial charge in [0.2, 0.25) is 0 Å². The number of aromatic nitrogens is 1. The van der Waals surface area contributed by atoms with Gasteiger partial charge in [-0.25, -0.2) is 0 Å². The first-order chi connectivity index (χ1) is 20.6. The number of alkyl halides is 2. The monoisotopic (exact) mass is 670 g/mol. The Morgan fingerprint density at radius 1 is 0.571 bits per heavy atom. The third kappa shape index (κ3) is 7.42. The Kier molecular flexibility index (Phi) is 9.97. The second-order valence-corrected chi connectivity index (χ2v) is 12.7. The van der Waals surface area contributed by atoms with Crippen molar-refractivity contribution >= 4 is 48.5 Å². The van der Waals surface area contributed by atoms with Crippen molar-refractivity contribution in [1.29, 1.82) is 0 Å². The quantitative estimate of drug-likeness (QED) is 0.110. The van der Waals surface area contributed by atoms with Crippen molar-refractivity contribution in [2.45, 2.75) is 9.65 Å². The molecule has 1 atom stereocenters. The van der Waals surface area contributed by atoms with Gasteiger partial charge in [-0.1, -0.05) is 159 Å². The van der Waals surface area contributed by atoms with Crippen molar-refractivity contribution in [3.63, 3.8) is 0 Å². The highest BCUT2D eigenvalue weighted by Crippen LogP contribution is 2.32. The number of fused-ring (bicyclic) bond motifs is 1. The highest BCUT2D eigenvalue weighted by atomic mass is 79.9. The van der Waals surface area contributed by atoms with Gasteiger partial charge in [0.1, 0.15) is 0 Å². The predicted octanol–water partition coefficient (Wildman–Crippen LogP) is 9.75. The molecule has 1 aromatic heterocycles. The van der Waals surface area contributed by atoms with E-state index < -0.39 is 0 Å². The number of halogens is 2. The normalized spacial score (nSPS) is 10.9. The first-order valence-electron chi connectivity index (χ1n) is 13.5. The average molecular weight is 672 g/mol. The number of nitrogens with one attached hydrogen (secondary N) is 1. The van der Waals surface area contributed by atoms with Crippen LogP contribution in [-0.4, -0.2) is 8.72 Å². The molecule has 1 unspecified atom stereocenters. The fourth-order valence-corrected chi connectivity index (χ4v) is 5.34. The number of hydrogen-bond acceptors (Lipinski definition) is 1. The van der Waals surface area contributed by atoms with Crippen LogP contribution < -0.4 is 5.73 Å². The van der Waals surface area contributed by atoms with E-state index in [0.29, 0.717) is 0 Å². The number of anilines is 1. The SMILES string of the molecule is C(#Cc1c(-c2ccccc2)[nH]c2ccccc12)c1ccccc1.Nc1ccccc1C(C#Cc1ccccc1)C(Br)Br. The van der Waals surface area contributed by atoms with Crippen LogP contribution in [0.5, 0.6) is 0 Å². The molecular formula is C38H28Br2N2. The Morgan fingerprint density at radius 2 is 1.12 bits per heavy atom. The summed E-state index contributed by atoms with van der Waals surface area (Å²) in [7, 11) is 0. The lowest BCUT2D eigenvalue weighted by molar-refractivity contribution is 1.00. The molecule has 42 heavy (non-hydrogen) atoms. The van der Waals surface area contributed by atoms with Crippen LogP contribution in [-0.2, 0) is 0 Å². The number of benzene rings is 5. The Balaban J connectivity index is 0.000000172. The third-order valence-corrected chi connectivity index (χ3v) is 7.66. The van der Waals surface area contributed by atoms with E-state index >= 15 is 0 Å². The summed E-state index contributed by atoms with van der Waals surface area (Å²) < 4.78 is 0.0564. The zero-order valence-corrected chi connectivity index (χ0v) is 25.9. The minimum Gasteiger partial charge on any atom is -0.398 e. The van der Waals surface area contributed by atoms with Crippen LogP contribution >= 0.6 is 31.9 Å². The maximum absolute atomic E-state index is 6.02. The molecule has 204 valence electrons. The summed E-state index contributed by atoms with van der Waals surface area (Å²) in [6.45, 7) is 0. The number of nitrogen functional groups attached to an aromatic ring is 1. The lowest BCUT2D eigenvalue weighted by Crippen LogP contribution is -2.07. The predicted molar refractivity (Wildman–Crippen MR) is 185 cm³/mol. The number of H-pyrrole nitrogens is 1. The molecule has 5 aromatic carbocycles. The van der Waals surface area contributed by atoms with Crippen LogP contribution in [0.2, 0.25) is 0 Å². The largest absolute Gasteiger partial charge is 0.398 e. The summed E-state index contributed by atoms with van der Waals surface area (Å²) in [6.07, 6.45) is 0. The average Bonchev–Trinajstić information content (AvgIpc) is 3.41. The highest BCUT2D eigenvalue weighted by Gasteiger charge is 2.18. The molecule has 3 N–H and O–H groups in total. The van der Waals surface area contributed by atoms with Crippen molar-refractivity contribution in [2.75, 3.05) is 5.73 Å². The molecule has 2 nitrogen and oxygen atoms in total. The Morgan fingerprint density at radius 3 is 1.76 bits per heavy atom. The summed E-state index contributed by atoms with van der Waals surface area (Å²) in [5.41, 5.74) is 14.2. The minimum atomic E-state index is 0.00130. The second-order valence-electron chi connectivity index (χ2n) is 9.48. The van der Waals surface area contributed by atoms with Gasteiger partial charge in [-0.3, -0.25) is 0 Å². The highest BCUT2D eigenvalue weighted by molar-refractivity contribution is 9.24. The number of nitrogens with two attached hydrogens (primary N) is 1. The first-order valence-corrected chi connectivity index (χ1v) is 15.4. The standard InChI is InChI=1S/C22H15N.C16H13Br2N/c1-3-9-17(10-4-1)15-16-20-19-13-7-8-14-21(19)23-22(20)18-11-5-2-6-12-18;17-16(18)14(13-8-4-5-9-15(13)19)11-10-12-6-2-1-3-7-12/h1-14,23H;1-9,14,16H,19H2. The van der Waals surface area contributed by atoms with Gasteiger partial charge in [-0.15, -0.1) is 0 Å². The molecule has 0 spiro atoms. The van der Waals surface area contributed by atoms with E-state index in [9.17, 15) is 0 Å². The number of hydrogen-bond donors (Lipinski definition) is 2. The van der Waals surface area contributed by atoms with Gasteiger partial charge < -0.3 is 10.7 Å². The molecule has 0 fully saturated rings. The fourth-order valence-electron chi connectivity index (χ4n) is 4.50. The molecule has 0 saturated heterocycles.